The third-order valence-electron chi connectivity index (χ3n) is 12.9. The maximum atomic E-state index is 12.9. The molecule has 0 aromatic rings. The Balaban J connectivity index is 1.78. The highest BCUT2D eigenvalue weighted by Gasteiger charge is 2.61. The molecule has 3 aliphatic rings. The number of ether oxygens (including phenoxy) is 4. The Hall–Kier alpha value is -2.12. The number of rotatable bonds is 18. The van der Waals surface area contributed by atoms with Gasteiger partial charge >= 0.3 is 23.9 Å². The lowest BCUT2D eigenvalue weighted by molar-refractivity contribution is -0.212. The van der Waals surface area contributed by atoms with Gasteiger partial charge in [0.25, 0.3) is 0 Å². The molecule has 0 radical (unpaired) electrons. The first-order valence-corrected chi connectivity index (χ1v) is 19.6. The Morgan fingerprint density at radius 1 is 0.750 bits per heavy atom. The van der Waals surface area contributed by atoms with Crippen LogP contribution >= 0.6 is 0 Å². The minimum Gasteiger partial charge on any atom is -0.466 e. The molecule has 0 saturated heterocycles. The number of carbonyl (C=O) groups is 4. The normalized spacial score (nSPS) is 32.6. The smallest absolute Gasteiger partial charge is 0.305 e. The fourth-order valence-corrected chi connectivity index (χ4v) is 9.35. The Morgan fingerprint density at radius 2 is 1.38 bits per heavy atom. The van der Waals surface area contributed by atoms with Crippen molar-refractivity contribution < 1.29 is 38.1 Å². The van der Waals surface area contributed by atoms with Crippen LogP contribution in [-0.2, 0) is 38.1 Å². The van der Waals surface area contributed by atoms with Gasteiger partial charge in [0.2, 0.25) is 0 Å². The molecule has 48 heavy (non-hydrogen) atoms. The van der Waals surface area contributed by atoms with E-state index in [1.807, 2.05) is 20.8 Å². The molecule has 0 heterocycles. The van der Waals surface area contributed by atoms with Gasteiger partial charge in [-0.3, -0.25) is 19.2 Å². The van der Waals surface area contributed by atoms with E-state index in [9.17, 15) is 19.2 Å². The van der Waals surface area contributed by atoms with E-state index in [4.69, 9.17) is 18.9 Å². The van der Waals surface area contributed by atoms with Crippen LogP contribution in [0.5, 0.6) is 0 Å². The quantitative estimate of drug-likeness (QED) is 0.0804. The van der Waals surface area contributed by atoms with Crippen LogP contribution in [0.2, 0.25) is 0 Å². The SMILES string of the molecule is CCCCCCCCOC(=O)CC[C@@H](C)[C@@H](C)[C@]1(C)C[C@@H]2[C@H](OC(=O)CC)C[C@@H]3C[C@H](OC(=O)CC)CC[C@]3(C)[C@H]2C[C@@H]1OC(=O)CC. The fourth-order valence-electron chi connectivity index (χ4n) is 9.35. The highest BCUT2D eigenvalue weighted by Crippen LogP contribution is 2.64. The Bertz CT molecular complexity index is 1060. The molecular weight excluding hydrogens is 608 g/mol. The van der Waals surface area contributed by atoms with Gasteiger partial charge in [-0.25, -0.2) is 0 Å². The molecule has 0 N–H and O–H groups in total. The summed E-state index contributed by atoms with van der Waals surface area (Å²) >= 11 is 0. The molecule has 8 nitrogen and oxygen atoms in total. The van der Waals surface area contributed by atoms with Crippen molar-refractivity contribution in [2.24, 2.45) is 40.4 Å². The highest BCUT2D eigenvalue weighted by atomic mass is 16.6. The highest BCUT2D eigenvalue weighted by molar-refractivity contribution is 5.70. The van der Waals surface area contributed by atoms with Gasteiger partial charge in [-0.1, -0.05) is 87.5 Å². The van der Waals surface area contributed by atoms with Crippen molar-refractivity contribution in [3.8, 4) is 0 Å². The minimum absolute atomic E-state index is 0.0400. The standard InChI is InChI=1S/C40H68O8/c1-9-13-14-15-16-17-22-45-38(44)19-18-27(5)28(6)40(8)26-31-32(25-34(40)48-37(43)12-4)39(7)21-20-30(46-35(41)10-2)23-29(39)24-33(31)47-36(42)11-3/h27-34H,9-26H2,1-8H3/t27-,28-,29+,30-,31+,32+,33-,34+,39+,40+/m1/s1. The zero-order chi connectivity index (χ0) is 35.5. The van der Waals surface area contributed by atoms with Crippen molar-refractivity contribution in [2.75, 3.05) is 6.61 Å². The molecule has 0 spiro atoms. The van der Waals surface area contributed by atoms with Gasteiger partial charge in [0.15, 0.2) is 0 Å². The molecule has 0 aliphatic heterocycles. The molecule has 0 aromatic heterocycles. The summed E-state index contributed by atoms with van der Waals surface area (Å²) in [6.07, 6.45) is 13.2. The van der Waals surface area contributed by atoms with Crippen LogP contribution in [0.3, 0.4) is 0 Å². The van der Waals surface area contributed by atoms with Gasteiger partial charge in [-0.2, -0.15) is 0 Å². The van der Waals surface area contributed by atoms with Crippen molar-refractivity contribution in [1.82, 2.24) is 0 Å². The number of hydrogen-bond donors (Lipinski definition) is 0. The van der Waals surface area contributed by atoms with Gasteiger partial charge in [0.05, 0.1) is 6.61 Å². The molecular formula is C40H68O8. The molecule has 0 bridgehead atoms. The van der Waals surface area contributed by atoms with Gasteiger partial charge in [-0.05, 0) is 80.5 Å². The van der Waals surface area contributed by atoms with Crippen LogP contribution < -0.4 is 0 Å². The second kappa shape index (κ2) is 18.8. The van der Waals surface area contributed by atoms with Crippen LogP contribution in [0, 0.1) is 40.4 Å². The van der Waals surface area contributed by atoms with E-state index in [2.05, 4.69) is 34.6 Å². The summed E-state index contributed by atoms with van der Waals surface area (Å²) in [4.78, 5) is 50.6. The minimum atomic E-state index is -0.359. The van der Waals surface area contributed by atoms with Gasteiger partial charge in [-0.15, -0.1) is 0 Å². The third-order valence-corrected chi connectivity index (χ3v) is 12.9. The van der Waals surface area contributed by atoms with E-state index >= 15 is 0 Å². The first kappa shape index (κ1) is 40.3. The largest absolute Gasteiger partial charge is 0.466 e. The van der Waals surface area contributed by atoms with Gasteiger partial charge < -0.3 is 18.9 Å². The van der Waals surface area contributed by atoms with Crippen molar-refractivity contribution in [3.63, 3.8) is 0 Å². The van der Waals surface area contributed by atoms with Gasteiger partial charge in [0, 0.05) is 37.0 Å². The van der Waals surface area contributed by atoms with Crippen molar-refractivity contribution in [1.29, 1.82) is 0 Å². The fraction of sp³-hybridized carbons (Fsp3) is 0.900. The molecule has 0 aromatic carbocycles. The van der Waals surface area contributed by atoms with E-state index in [0.29, 0.717) is 38.7 Å². The molecule has 3 aliphatic carbocycles. The summed E-state index contributed by atoms with van der Waals surface area (Å²) in [6.45, 7) is 17.3. The maximum absolute atomic E-state index is 12.9. The maximum Gasteiger partial charge on any atom is 0.305 e. The predicted molar refractivity (Wildman–Crippen MR) is 187 cm³/mol. The lowest BCUT2D eigenvalue weighted by Crippen LogP contribution is -2.61. The van der Waals surface area contributed by atoms with Crippen LogP contribution in [0.1, 0.15) is 165 Å². The third kappa shape index (κ3) is 10.2. The van der Waals surface area contributed by atoms with Crippen molar-refractivity contribution in [3.05, 3.63) is 0 Å². The van der Waals surface area contributed by atoms with Crippen LogP contribution in [-0.4, -0.2) is 48.8 Å². The summed E-state index contributed by atoms with van der Waals surface area (Å²) in [6, 6.07) is 0. The zero-order valence-corrected chi connectivity index (χ0v) is 31.6. The van der Waals surface area contributed by atoms with E-state index in [-0.39, 0.29) is 82.6 Å². The first-order valence-electron chi connectivity index (χ1n) is 19.6. The summed E-state index contributed by atoms with van der Waals surface area (Å²) < 4.78 is 24.0. The number of fused-ring (bicyclic) bond motifs is 3. The Kier molecular flexibility index (Phi) is 15.8. The molecule has 8 heteroatoms. The summed E-state index contributed by atoms with van der Waals surface area (Å²) in [5.41, 5.74) is -0.399. The predicted octanol–water partition coefficient (Wildman–Crippen LogP) is 9.15. The average molecular weight is 677 g/mol. The van der Waals surface area contributed by atoms with E-state index in [0.717, 1.165) is 51.4 Å². The molecule has 0 amide bonds. The first-order chi connectivity index (χ1) is 22.8. The second-order valence-electron chi connectivity index (χ2n) is 15.9. The molecule has 3 fully saturated rings. The monoisotopic (exact) mass is 676 g/mol. The van der Waals surface area contributed by atoms with E-state index < -0.39 is 0 Å². The number of esters is 4. The molecule has 276 valence electrons. The molecule has 0 unspecified atom stereocenters. The molecule has 3 saturated carbocycles. The summed E-state index contributed by atoms with van der Waals surface area (Å²) in [5, 5.41) is 0. The van der Waals surface area contributed by atoms with Crippen molar-refractivity contribution in [2.45, 2.75) is 183 Å². The summed E-state index contributed by atoms with van der Waals surface area (Å²) in [5.74, 6) is 0.246. The number of hydrogen-bond acceptors (Lipinski definition) is 8. The van der Waals surface area contributed by atoms with Crippen LogP contribution in [0.15, 0.2) is 0 Å². The summed E-state index contributed by atoms with van der Waals surface area (Å²) in [7, 11) is 0. The van der Waals surface area contributed by atoms with Crippen LogP contribution in [0.25, 0.3) is 0 Å². The Morgan fingerprint density at radius 3 is 2.04 bits per heavy atom. The Labute approximate surface area is 291 Å². The van der Waals surface area contributed by atoms with Crippen molar-refractivity contribution >= 4 is 23.9 Å². The van der Waals surface area contributed by atoms with E-state index in [1.165, 1.54) is 25.7 Å². The topological polar surface area (TPSA) is 105 Å². The molecule has 3 rings (SSSR count). The average Bonchev–Trinajstić information content (AvgIpc) is 3.07. The zero-order valence-electron chi connectivity index (χ0n) is 31.6. The molecule has 10 atom stereocenters. The lowest BCUT2D eigenvalue weighted by atomic mass is 9.44. The van der Waals surface area contributed by atoms with E-state index in [1.54, 1.807) is 0 Å². The number of carbonyl (C=O) groups excluding carboxylic acids is 4. The lowest BCUT2D eigenvalue weighted by Gasteiger charge is -2.62. The van der Waals surface area contributed by atoms with Crippen LogP contribution in [0.4, 0.5) is 0 Å². The number of unbranched alkanes of at least 4 members (excludes halogenated alkanes) is 5. The van der Waals surface area contributed by atoms with Gasteiger partial charge in [0.1, 0.15) is 18.3 Å². The second-order valence-corrected chi connectivity index (χ2v) is 15.9.